The lowest BCUT2D eigenvalue weighted by atomic mass is 10.1. The summed E-state index contributed by atoms with van der Waals surface area (Å²) < 4.78 is 0.737. The number of hydrogen-bond donors (Lipinski definition) is 3. The third-order valence-electron chi connectivity index (χ3n) is 4.42. The Morgan fingerprint density at radius 2 is 2.19 bits per heavy atom. The van der Waals surface area contributed by atoms with Gasteiger partial charge in [0.1, 0.15) is 0 Å². The average Bonchev–Trinajstić information content (AvgIpc) is 3.08. The van der Waals surface area contributed by atoms with Crippen LogP contribution in [-0.4, -0.2) is 28.8 Å². The van der Waals surface area contributed by atoms with Crippen LogP contribution in [0.3, 0.4) is 0 Å². The molecule has 1 aliphatic heterocycles. The SMILES string of the molecule is NC(=O)c1nnc(NC2CCCCN2)c2cc(-c3cccc(Cl)c3)sc12. The van der Waals surface area contributed by atoms with Gasteiger partial charge >= 0.3 is 0 Å². The fraction of sp³-hybridized carbons (Fsp3) is 0.278. The van der Waals surface area contributed by atoms with Crippen LogP contribution < -0.4 is 16.4 Å². The smallest absolute Gasteiger partial charge is 0.270 e. The minimum atomic E-state index is -0.579. The number of fused-ring (bicyclic) bond motifs is 1. The molecule has 0 radical (unpaired) electrons. The molecule has 1 saturated heterocycles. The number of thiophene rings is 1. The average molecular weight is 388 g/mol. The fourth-order valence-corrected chi connectivity index (χ4v) is 4.47. The number of aromatic nitrogens is 2. The van der Waals surface area contributed by atoms with E-state index >= 15 is 0 Å². The van der Waals surface area contributed by atoms with Gasteiger partial charge < -0.3 is 11.1 Å². The van der Waals surface area contributed by atoms with Gasteiger partial charge in [-0.3, -0.25) is 10.1 Å². The first kappa shape index (κ1) is 17.2. The number of hydrogen-bond acceptors (Lipinski definition) is 6. The van der Waals surface area contributed by atoms with Crippen LogP contribution in [0, 0.1) is 0 Å². The second kappa shape index (κ2) is 7.19. The number of nitrogens with zero attached hydrogens (tertiary/aromatic N) is 2. The predicted octanol–water partition coefficient (Wildman–Crippen LogP) is 3.62. The van der Waals surface area contributed by atoms with Crippen LogP contribution >= 0.6 is 22.9 Å². The molecule has 2 aromatic heterocycles. The number of amides is 1. The van der Waals surface area contributed by atoms with Crippen molar-refractivity contribution in [2.24, 2.45) is 5.73 Å². The number of halogens is 1. The van der Waals surface area contributed by atoms with Crippen LogP contribution in [0.5, 0.6) is 0 Å². The summed E-state index contributed by atoms with van der Waals surface area (Å²) in [5, 5.41) is 16.6. The summed E-state index contributed by atoms with van der Waals surface area (Å²) in [5.41, 5.74) is 6.67. The van der Waals surface area contributed by atoms with Gasteiger partial charge in [-0.1, -0.05) is 23.7 Å². The molecule has 6 nitrogen and oxygen atoms in total. The molecule has 0 spiro atoms. The number of carbonyl (C=O) groups excluding carboxylic acids is 1. The highest BCUT2D eigenvalue weighted by Crippen LogP contribution is 2.38. The number of primary amides is 1. The van der Waals surface area contributed by atoms with Crippen molar-refractivity contribution in [1.82, 2.24) is 15.5 Å². The van der Waals surface area contributed by atoms with Gasteiger partial charge in [-0.25, -0.2) is 0 Å². The van der Waals surface area contributed by atoms with Gasteiger partial charge in [0, 0.05) is 15.3 Å². The van der Waals surface area contributed by atoms with Crippen molar-refractivity contribution in [3.05, 3.63) is 41.0 Å². The van der Waals surface area contributed by atoms with Crippen molar-refractivity contribution in [2.45, 2.75) is 25.4 Å². The van der Waals surface area contributed by atoms with Crippen molar-refractivity contribution in [3.8, 4) is 10.4 Å². The fourth-order valence-electron chi connectivity index (χ4n) is 3.13. The molecule has 1 aliphatic rings. The Hall–Kier alpha value is -2.22. The molecule has 4 rings (SSSR count). The summed E-state index contributed by atoms with van der Waals surface area (Å²) in [4.78, 5) is 12.8. The van der Waals surface area contributed by atoms with Crippen molar-refractivity contribution < 1.29 is 4.79 Å². The lowest BCUT2D eigenvalue weighted by Gasteiger charge is -2.24. The van der Waals surface area contributed by atoms with E-state index < -0.39 is 5.91 Å². The highest BCUT2D eigenvalue weighted by Gasteiger charge is 2.20. The molecular formula is C18H18ClN5OS. The molecule has 0 saturated carbocycles. The van der Waals surface area contributed by atoms with Crippen LogP contribution in [0.2, 0.25) is 5.02 Å². The van der Waals surface area contributed by atoms with E-state index in [1.807, 2.05) is 30.3 Å². The molecule has 1 aromatic carbocycles. The standard InChI is InChI=1S/C18H18ClN5OS/c19-11-5-3-4-10(8-11)13-9-12-16(26-13)15(17(20)25)23-24-18(12)22-14-6-1-2-7-21-14/h3-5,8-9,14,21H,1-2,6-7H2,(H2,20,25)(H,22,24). The van der Waals surface area contributed by atoms with E-state index in [0.29, 0.717) is 10.8 Å². The Morgan fingerprint density at radius 3 is 2.92 bits per heavy atom. The van der Waals surface area contributed by atoms with E-state index in [4.69, 9.17) is 17.3 Å². The lowest BCUT2D eigenvalue weighted by Crippen LogP contribution is -2.40. The molecule has 4 N–H and O–H groups in total. The molecule has 0 aliphatic carbocycles. The summed E-state index contributed by atoms with van der Waals surface area (Å²) in [7, 11) is 0. The largest absolute Gasteiger partial charge is 0.364 e. The number of nitrogens with two attached hydrogens (primary N) is 1. The predicted molar refractivity (Wildman–Crippen MR) is 106 cm³/mol. The first-order valence-electron chi connectivity index (χ1n) is 8.48. The molecule has 134 valence electrons. The van der Waals surface area contributed by atoms with Gasteiger partial charge in [-0.05, 0) is 49.6 Å². The molecule has 0 bridgehead atoms. The normalized spacial score (nSPS) is 17.3. The second-order valence-electron chi connectivity index (χ2n) is 6.27. The first-order valence-corrected chi connectivity index (χ1v) is 9.67. The zero-order valence-corrected chi connectivity index (χ0v) is 15.5. The topological polar surface area (TPSA) is 92.9 Å². The van der Waals surface area contributed by atoms with Crippen LogP contribution in [-0.2, 0) is 0 Å². The van der Waals surface area contributed by atoms with Gasteiger partial charge in [0.2, 0.25) is 0 Å². The van der Waals surface area contributed by atoms with Gasteiger partial charge in [-0.2, -0.15) is 0 Å². The second-order valence-corrected chi connectivity index (χ2v) is 7.76. The third-order valence-corrected chi connectivity index (χ3v) is 5.84. The van der Waals surface area contributed by atoms with Crippen molar-refractivity contribution >= 4 is 44.7 Å². The monoisotopic (exact) mass is 387 g/mol. The highest BCUT2D eigenvalue weighted by molar-refractivity contribution is 7.22. The van der Waals surface area contributed by atoms with E-state index in [2.05, 4.69) is 20.8 Å². The molecule has 3 aromatic rings. The molecular weight excluding hydrogens is 370 g/mol. The van der Waals surface area contributed by atoms with E-state index in [9.17, 15) is 4.79 Å². The molecule has 8 heteroatoms. The number of piperidine rings is 1. The van der Waals surface area contributed by atoms with Gasteiger partial charge in [0.05, 0.1) is 10.9 Å². The maximum absolute atomic E-state index is 11.8. The maximum atomic E-state index is 11.8. The molecule has 1 unspecified atom stereocenters. The Bertz CT molecular complexity index is 967. The number of benzene rings is 1. The van der Waals surface area contributed by atoms with E-state index in [1.54, 1.807) is 0 Å². The van der Waals surface area contributed by atoms with Crippen LogP contribution in [0.25, 0.3) is 20.5 Å². The molecule has 3 heterocycles. The van der Waals surface area contributed by atoms with Crippen molar-refractivity contribution in [2.75, 3.05) is 11.9 Å². The van der Waals surface area contributed by atoms with Crippen LogP contribution in [0.1, 0.15) is 29.8 Å². The van der Waals surface area contributed by atoms with Crippen LogP contribution in [0.4, 0.5) is 5.82 Å². The minimum absolute atomic E-state index is 0.148. The van der Waals surface area contributed by atoms with Gasteiger partial charge in [0.25, 0.3) is 5.91 Å². The third kappa shape index (κ3) is 3.38. The Balaban J connectivity index is 1.80. The van der Waals surface area contributed by atoms with Gasteiger partial charge in [0.15, 0.2) is 11.5 Å². The number of carbonyl (C=O) groups is 1. The van der Waals surface area contributed by atoms with Crippen LogP contribution in [0.15, 0.2) is 30.3 Å². The minimum Gasteiger partial charge on any atom is -0.364 e. The number of rotatable bonds is 4. The lowest BCUT2D eigenvalue weighted by molar-refractivity contribution is 0.0996. The summed E-state index contributed by atoms with van der Waals surface area (Å²) in [6.45, 7) is 0.977. The Kier molecular flexibility index (Phi) is 4.76. The summed E-state index contributed by atoms with van der Waals surface area (Å²) in [5.74, 6) is 0.0817. The Morgan fingerprint density at radius 1 is 1.31 bits per heavy atom. The van der Waals surface area contributed by atoms with Crippen molar-refractivity contribution in [3.63, 3.8) is 0 Å². The first-order chi connectivity index (χ1) is 12.6. The molecule has 26 heavy (non-hydrogen) atoms. The molecule has 1 atom stereocenters. The summed E-state index contributed by atoms with van der Waals surface area (Å²) in [6, 6.07) is 9.62. The van der Waals surface area contributed by atoms with E-state index in [0.717, 1.165) is 39.9 Å². The molecule has 1 fully saturated rings. The highest BCUT2D eigenvalue weighted by atomic mass is 35.5. The quantitative estimate of drug-likeness (QED) is 0.635. The summed E-state index contributed by atoms with van der Waals surface area (Å²) in [6.07, 6.45) is 3.51. The zero-order chi connectivity index (χ0) is 18.1. The van der Waals surface area contributed by atoms with E-state index in [1.165, 1.54) is 17.8 Å². The van der Waals surface area contributed by atoms with Crippen molar-refractivity contribution in [1.29, 1.82) is 0 Å². The zero-order valence-electron chi connectivity index (χ0n) is 14.0. The molecule has 1 amide bonds. The maximum Gasteiger partial charge on any atom is 0.270 e. The number of anilines is 1. The number of nitrogens with one attached hydrogen (secondary N) is 2. The van der Waals surface area contributed by atoms with E-state index in [-0.39, 0.29) is 11.9 Å². The van der Waals surface area contributed by atoms with Gasteiger partial charge in [-0.15, -0.1) is 21.5 Å². The Labute approximate surface area is 159 Å². The summed E-state index contributed by atoms with van der Waals surface area (Å²) >= 11 is 7.59.